The van der Waals surface area contributed by atoms with Crippen LogP contribution in [0.2, 0.25) is 5.02 Å². The maximum Gasteiger partial charge on any atom is 0.268 e. The number of nitrogens with one attached hydrogen (secondary N) is 1. The SMILES string of the molecule is C[C@@H](NC(=O)c1cc2ccc(Cl)cc2n1C)c1ccc(S(C)(=O)=O)c(F)c1. The van der Waals surface area contributed by atoms with Gasteiger partial charge in [0.05, 0.1) is 6.04 Å². The Bertz CT molecular complexity index is 1160. The van der Waals surface area contributed by atoms with Crippen LogP contribution in [0.15, 0.2) is 47.4 Å². The third-order valence-corrected chi connectivity index (χ3v) is 5.81. The van der Waals surface area contributed by atoms with Gasteiger partial charge in [-0.05, 0) is 42.8 Å². The number of benzene rings is 2. The summed E-state index contributed by atoms with van der Waals surface area (Å²) in [4.78, 5) is 12.3. The van der Waals surface area contributed by atoms with Gasteiger partial charge in [0, 0.05) is 29.2 Å². The first-order valence-electron chi connectivity index (χ1n) is 8.13. The molecule has 0 saturated carbocycles. The van der Waals surface area contributed by atoms with E-state index in [9.17, 15) is 17.6 Å². The van der Waals surface area contributed by atoms with Gasteiger partial charge in [0.15, 0.2) is 9.84 Å². The van der Waals surface area contributed by atoms with Crippen molar-refractivity contribution in [3.63, 3.8) is 0 Å². The van der Waals surface area contributed by atoms with E-state index < -0.39 is 21.7 Å². The number of aromatic nitrogens is 1. The lowest BCUT2D eigenvalue weighted by atomic mass is 10.1. The minimum absolute atomic E-state index is 0.329. The number of rotatable bonds is 4. The van der Waals surface area contributed by atoms with E-state index in [1.165, 1.54) is 12.1 Å². The zero-order chi connectivity index (χ0) is 19.9. The molecular formula is C19H18ClFN2O3S. The highest BCUT2D eigenvalue weighted by molar-refractivity contribution is 7.90. The van der Waals surface area contributed by atoms with Gasteiger partial charge in [0.25, 0.3) is 5.91 Å². The van der Waals surface area contributed by atoms with Crippen LogP contribution in [0.1, 0.15) is 29.0 Å². The largest absolute Gasteiger partial charge is 0.344 e. The van der Waals surface area contributed by atoms with Crippen molar-refractivity contribution in [2.24, 2.45) is 7.05 Å². The molecule has 0 radical (unpaired) electrons. The normalized spacial score (nSPS) is 12.9. The number of sulfone groups is 1. The lowest BCUT2D eigenvalue weighted by Crippen LogP contribution is -2.28. The van der Waals surface area contributed by atoms with Crippen molar-refractivity contribution in [1.29, 1.82) is 0 Å². The molecule has 0 fully saturated rings. The zero-order valence-electron chi connectivity index (χ0n) is 15.0. The Morgan fingerprint density at radius 2 is 1.89 bits per heavy atom. The van der Waals surface area contributed by atoms with E-state index in [2.05, 4.69) is 5.32 Å². The molecule has 1 heterocycles. The number of aryl methyl sites for hydroxylation is 1. The quantitative estimate of drug-likeness (QED) is 0.712. The number of fused-ring (bicyclic) bond motifs is 1. The molecule has 1 amide bonds. The third-order valence-electron chi connectivity index (χ3n) is 4.44. The molecule has 0 spiro atoms. The van der Waals surface area contributed by atoms with Crippen LogP contribution in [-0.2, 0) is 16.9 Å². The van der Waals surface area contributed by atoms with E-state index in [0.717, 1.165) is 23.2 Å². The summed E-state index contributed by atoms with van der Waals surface area (Å²) in [6.07, 6.45) is 0.947. The first kappa shape index (κ1) is 19.4. The predicted octanol–water partition coefficient (Wildman–Crippen LogP) is 3.87. The van der Waals surface area contributed by atoms with Crippen LogP contribution in [0, 0.1) is 5.82 Å². The van der Waals surface area contributed by atoms with E-state index in [0.29, 0.717) is 16.3 Å². The number of halogens is 2. The fourth-order valence-corrected chi connectivity index (χ4v) is 3.86. The Labute approximate surface area is 161 Å². The van der Waals surface area contributed by atoms with E-state index in [-0.39, 0.29) is 10.8 Å². The number of carbonyl (C=O) groups excluding carboxylic acids is 1. The van der Waals surface area contributed by atoms with Gasteiger partial charge in [0.1, 0.15) is 16.4 Å². The summed E-state index contributed by atoms with van der Waals surface area (Å²) >= 11 is 6.01. The molecule has 0 bridgehead atoms. The van der Waals surface area contributed by atoms with Crippen LogP contribution in [0.3, 0.4) is 0 Å². The maximum absolute atomic E-state index is 14.1. The zero-order valence-corrected chi connectivity index (χ0v) is 16.5. The van der Waals surface area contributed by atoms with E-state index >= 15 is 0 Å². The highest BCUT2D eigenvalue weighted by Crippen LogP contribution is 2.24. The Morgan fingerprint density at radius 1 is 1.19 bits per heavy atom. The van der Waals surface area contributed by atoms with Crippen LogP contribution in [-0.4, -0.2) is 25.1 Å². The van der Waals surface area contributed by atoms with Crippen molar-refractivity contribution in [2.45, 2.75) is 17.9 Å². The van der Waals surface area contributed by atoms with Crippen molar-refractivity contribution in [3.05, 3.63) is 64.6 Å². The van der Waals surface area contributed by atoms with Gasteiger partial charge < -0.3 is 9.88 Å². The molecule has 142 valence electrons. The van der Waals surface area contributed by atoms with Crippen LogP contribution >= 0.6 is 11.6 Å². The molecule has 0 aliphatic rings. The summed E-state index contributed by atoms with van der Waals surface area (Å²) in [5, 5.41) is 4.26. The predicted molar refractivity (Wildman–Crippen MR) is 103 cm³/mol. The molecule has 0 aliphatic heterocycles. The van der Waals surface area contributed by atoms with Gasteiger partial charge in [-0.15, -0.1) is 0 Å². The molecule has 2 aromatic carbocycles. The van der Waals surface area contributed by atoms with Gasteiger partial charge >= 0.3 is 0 Å². The van der Waals surface area contributed by atoms with Gasteiger partial charge in [0.2, 0.25) is 0 Å². The summed E-state index contributed by atoms with van der Waals surface area (Å²) in [6, 6.07) is 10.4. The summed E-state index contributed by atoms with van der Waals surface area (Å²) in [6.45, 7) is 1.70. The van der Waals surface area contributed by atoms with Crippen molar-refractivity contribution in [2.75, 3.05) is 6.26 Å². The van der Waals surface area contributed by atoms with Gasteiger partial charge in [-0.3, -0.25) is 4.79 Å². The topological polar surface area (TPSA) is 68.2 Å². The molecule has 3 aromatic rings. The minimum Gasteiger partial charge on any atom is -0.344 e. The summed E-state index contributed by atoms with van der Waals surface area (Å²) in [5.74, 6) is -1.17. The Hall–Kier alpha value is -2.38. The van der Waals surface area contributed by atoms with Crippen molar-refractivity contribution < 1.29 is 17.6 Å². The van der Waals surface area contributed by atoms with E-state index in [1.807, 2.05) is 6.07 Å². The fraction of sp³-hybridized carbons (Fsp3) is 0.211. The molecule has 0 unspecified atom stereocenters. The van der Waals surface area contributed by atoms with Crippen LogP contribution in [0.5, 0.6) is 0 Å². The van der Waals surface area contributed by atoms with Gasteiger partial charge in [-0.25, -0.2) is 12.8 Å². The fourth-order valence-electron chi connectivity index (χ4n) is 2.96. The first-order chi connectivity index (χ1) is 12.6. The first-order valence-corrected chi connectivity index (χ1v) is 10.4. The van der Waals surface area contributed by atoms with E-state index in [4.69, 9.17) is 11.6 Å². The third kappa shape index (κ3) is 3.84. The molecule has 8 heteroatoms. The standard InChI is InChI=1S/C19H18ClFN2O3S/c1-11(12-5-7-18(15(21)8-12)27(3,25)26)22-19(24)17-9-13-4-6-14(20)10-16(13)23(17)2/h4-11H,1-3H3,(H,22,24)/t11-/m1/s1. The Morgan fingerprint density at radius 3 is 2.52 bits per heavy atom. The van der Waals surface area contributed by atoms with Crippen molar-refractivity contribution in [1.82, 2.24) is 9.88 Å². The summed E-state index contributed by atoms with van der Waals surface area (Å²) in [7, 11) is -1.88. The number of hydrogen-bond donors (Lipinski definition) is 1. The van der Waals surface area contributed by atoms with Crippen molar-refractivity contribution in [3.8, 4) is 0 Å². The summed E-state index contributed by atoms with van der Waals surface area (Å²) < 4.78 is 38.9. The molecular weight excluding hydrogens is 391 g/mol. The highest BCUT2D eigenvalue weighted by atomic mass is 35.5. The number of nitrogens with zero attached hydrogens (tertiary/aromatic N) is 1. The molecule has 27 heavy (non-hydrogen) atoms. The lowest BCUT2D eigenvalue weighted by Gasteiger charge is -2.15. The molecule has 5 nitrogen and oxygen atoms in total. The molecule has 1 aromatic heterocycles. The molecule has 1 atom stereocenters. The van der Waals surface area contributed by atoms with Gasteiger partial charge in [-0.1, -0.05) is 23.7 Å². The smallest absolute Gasteiger partial charge is 0.268 e. The van der Waals surface area contributed by atoms with Crippen molar-refractivity contribution >= 4 is 38.2 Å². The second-order valence-electron chi connectivity index (χ2n) is 6.45. The number of amides is 1. The number of carbonyl (C=O) groups is 1. The Kier molecular flexibility index (Phi) is 5.01. The maximum atomic E-state index is 14.1. The average molecular weight is 409 g/mol. The van der Waals surface area contributed by atoms with Crippen LogP contribution in [0.25, 0.3) is 10.9 Å². The van der Waals surface area contributed by atoms with Gasteiger partial charge in [-0.2, -0.15) is 0 Å². The van der Waals surface area contributed by atoms with Crippen LogP contribution < -0.4 is 5.32 Å². The summed E-state index contributed by atoms with van der Waals surface area (Å²) in [5.41, 5.74) is 1.73. The number of hydrogen-bond acceptors (Lipinski definition) is 3. The monoisotopic (exact) mass is 408 g/mol. The second-order valence-corrected chi connectivity index (χ2v) is 8.87. The molecule has 3 rings (SSSR count). The Balaban J connectivity index is 1.86. The average Bonchev–Trinajstić information content (AvgIpc) is 2.90. The highest BCUT2D eigenvalue weighted by Gasteiger charge is 2.19. The molecule has 1 N–H and O–H groups in total. The molecule has 0 aliphatic carbocycles. The lowest BCUT2D eigenvalue weighted by molar-refractivity contribution is 0.0932. The van der Waals surface area contributed by atoms with Crippen LogP contribution in [0.4, 0.5) is 4.39 Å². The minimum atomic E-state index is -3.64. The molecule has 0 saturated heterocycles. The van der Waals surface area contributed by atoms with E-state index in [1.54, 1.807) is 36.7 Å². The second kappa shape index (κ2) is 6.98.